The van der Waals surface area contributed by atoms with Crippen LogP contribution in [0.25, 0.3) is 26.8 Å². The predicted molar refractivity (Wildman–Crippen MR) is 138 cm³/mol. The van der Waals surface area contributed by atoms with Crippen LogP contribution in [0, 0.1) is 0 Å². The average Bonchev–Trinajstić information content (AvgIpc) is 3.47. The molecule has 7 nitrogen and oxygen atoms in total. The first-order valence-corrected chi connectivity index (χ1v) is 12.8. The van der Waals surface area contributed by atoms with Gasteiger partial charge in [-0.25, -0.2) is 14.3 Å². The lowest BCUT2D eigenvalue weighted by Gasteiger charge is -2.06. The van der Waals surface area contributed by atoms with E-state index < -0.39 is 0 Å². The average molecular weight is 494 g/mol. The van der Waals surface area contributed by atoms with E-state index in [0.717, 1.165) is 58.6 Å². The van der Waals surface area contributed by atoms with Gasteiger partial charge in [-0.2, -0.15) is 5.10 Å². The molecule has 0 aliphatic carbocycles. The number of aromatic nitrogens is 3. The molecule has 0 aliphatic heterocycles. The lowest BCUT2D eigenvalue weighted by Crippen LogP contribution is -2.00. The van der Waals surface area contributed by atoms with Gasteiger partial charge in [-0.1, -0.05) is 49.2 Å². The van der Waals surface area contributed by atoms with Crippen LogP contribution in [0.1, 0.15) is 48.9 Å². The largest absolute Gasteiger partial charge is 0.494 e. The van der Waals surface area contributed by atoms with Crippen molar-refractivity contribution in [3.63, 3.8) is 0 Å². The number of methoxy groups -OCH3 is 2. The minimum Gasteiger partial charge on any atom is -0.494 e. The van der Waals surface area contributed by atoms with Gasteiger partial charge in [0.25, 0.3) is 0 Å². The monoisotopic (exact) mass is 493 g/mol. The van der Waals surface area contributed by atoms with E-state index in [2.05, 4.69) is 0 Å². The molecule has 2 heterocycles. The van der Waals surface area contributed by atoms with Crippen LogP contribution < -0.4 is 4.74 Å². The minimum atomic E-state index is -0.352. The number of nitrogens with zero attached hydrogens (tertiary/aromatic N) is 3. The number of rotatable bonds is 13. The second-order valence-electron chi connectivity index (χ2n) is 8.32. The number of imidazole rings is 1. The van der Waals surface area contributed by atoms with Crippen LogP contribution in [0.4, 0.5) is 0 Å². The number of benzene rings is 2. The Morgan fingerprint density at radius 1 is 0.857 bits per heavy atom. The summed E-state index contributed by atoms with van der Waals surface area (Å²) in [6.07, 6.45) is 9.07. The third-order valence-corrected chi connectivity index (χ3v) is 6.73. The van der Waals surface area contributed by atoms with E-state index in [1.807, 2.05) is 42.6 Å². The molecule has 0 atom stereocenters. The number of hydrogen-bond donors (Lipinski definition) is 0. The molecule has 4 aromatic rings. The molecule has 0 N–H and O–H groups in total. The van der Waals surface area contributed by atoms with E-state index in [0.29, 0.717) is 5.56 Å². The quantitative estimate of drug-likeness (QED) is 0.161. The maximum Gasteiger partial charge on any atom is 0.337 e. The highest BCUT2D eigenvalue weighted by molar-refractivity contribution is 7.19. The maximum absolute atomic E-state index is 11.6. The zero-order valence-corrected chi connectivity index (χ0v) is 21.1. The minimum absolute atomic E-state index is 0.352. The van der Waals surface area contributed by atoms with Crippen molar-refractivity contribution >= 4 is 22.3 Å². The molecule has 0 radical (unpaired) electrons. The van der Waals surface area contributed by atoms with E-state index in [1.165, 1.54) is 44.1 Å². The van der Waals surface area contributed by atoms with E-state index >= 15 is 0 Å². The van der Waals surface area contributed by atoms with Crippen molar-refractivity contribution in [2.24, 2.45) is 0 Å². The number of carbonyl (C=O) groups is 1. The molecule has 0 bridgehead atoms. The lowest BCUT2D eigenvalue weighted by atomic mass is 10.1. The third kappa shape index (κ3) is 6.68. The molecule has 0 unspecified atom stereocenters. The molecule has 35 heavy (non-hydrogen) atoms. The molecule has 0 saturated carbocycles. The normalized spacial score (nSPS) is 11.1. The fourth-order valence-electron chi connectivity index (χ4n) is 3.79. The number of fused-ring (bicyclic) bond motifs is 1. The maximum atomic E-state index is 11.6. The number of ether oxygens (including phenoxy) is 3. The summed E-state index contributed by atoms with van der Waals surface area (Å²) in [5.41, 5.74) is 3.28. The number of unbranched alkanes of at least 4 members (excludes halogenated alkanes) is 5. The first-order chi connectivity index (χ1) is 17.2. The van der Waals surface area contributed by atoms with Crippen molar-refractivity contribution in [3.8, 4) is 27.6 Å². The van der Waals surface area contributed by atoms with Gasteiger partial charge in [-0.15, -0.1) is 0 Å². The summed E-state index contributed by atoms with van der Waals surface area (Å²) in [4.78, 5) is 17.1. The molecule has 0 fully saturated rings. The van der Waals surface area contributed by atoms with Crippen molar-refractivity contribution in [1.29, 1.82) is 0 Å². The van der Waals surface area contributed by atoms with Crippen LogP contribution in [0.5, 0.6) is 5.75 Å². The van der Waals surface area contributed by atoms with Crippen LogP contribution in [0.15, 0.2) is 54.7 Å². The van der Waals surface area contributed by atoms with Crippen molar-refractivity contribution in [2.45, 2.75) is 38.5 Å². The Hall–Kier alpha value is -3.23. The summed E-state index contributed by atoms with van der Waals surface area (Å²) < 4.78 is 17.5. The molecule has 0 aliphatic rings. The summed E-state index contributed by atoms with van der Waals surface area (Å²) in [5.74, 6) is 0.530. The number of esters is 1. The first-order valence-electron chi connectivity index (χ1n) is 11.9. The van der Waals surface area contributed by atoms with Crippen molar-refractivity contribution in [3.05, 3.63) is 60.3 Å². The molecule has 8 heteroatoms. The van der Waals surface area contributed by atoms with Gasteiger partial charge < -0.3 is 14.2 Å². The first kappa shape index (κ1) is 24.9. The smallest absolute Gasteiger partial charge is 0.337 e. The Kier molecular flexibility index (Phi) is 8.86. The Balaban J connectivity index is 1.28. The van der Waals surface area contributed by atoms with E-state index in [-0.39, 0.29) is 5.97 Å². The number of hydrogen-bond acceptors (Lipinski definition) is 7. The van der Waals surface area contributed by atoms with Crippen LogP contribution in [-0.4, -0.2) is 48.0 Å². The van der Waals surface area contributed by atoms with Crippen LogP contribution in [-0.2, 0) is 9.47 Å². The van der Waals surface area contributed by atoms with Crippen molar-refractivity contribution in [2.75, 3.05) is 27.4 Å². The molecule has 0 saturated heterocycles. The van der Waals surface area contributed by atoms with Gasteiger partial charge in [0.2, 0.25) is 4.96 Å². The van der Waals surface area contributed by atoms with Crippen molar-refractivity contribution in [1.82, 2.24) is 14.6 Å². The SMILES string of the molecule is COCCCCCCCCOc1ccc(-c2nn3cc(-c4ccc(C(=O)OC)cc4)nc3s2)cc1. The molecule has 2 aromatic carbocycles. The molecular formula is C27H31N3O4S. The van der Waals surface area contributed by atoms with Crippen LogP contribution >= 0.6 is 11.3 Å². The second kappa shape index (κ2) is 12.5. The highest BCUT2D eigenvalue weighted by atomic mass is 32.1. The van der Waals surface area contributed by atoms with E-state index in [1.54, 1.807) is 23.8 Å². The molecule has 0 spiro atoms. The lowest BCUT2D eigenvalue weighted by molar-refractivity contribution is 0.0600. The summed E-state index contributed by atoms with van der Waals surface area (Å²) in [5, 5.41) is 5.59. The van der Waals surface area contributed by atoms with Gasteiger partial charge in [-0.05, 0) is 49.2 Å². The molecule has 2 aromatic heterocycles. The standard InChI is InChI=1S/C27H31N3O4S/c1-32-17-7-5-3-4-6-8-18-34-23-15-13-21(14-16-23)25-29-30-19-24(28-27(30)35-25)20-9-11-22(12-10-20)26(31)33-2/h9-16,19H,3-8,17-18H2,1-2H3. The number of carbonyl (C=O) groups excluding carboxylic acids is 1. The van der Waals surface area contributed by atoms with E-state index in [9.17, 15) is 4.79 Å². The summed E-state index contributed by atoms with van der Waals surface area (Å²) in [6.45, 7) is 1.61. The second-order valence-corrected chi connectivity index (χ2v) is 9.27. The van der Waals surface area contributed by atoms with E-state index in [4.69, 9.17) is 24.3 Å². The van der Waals surface area contributed by atoms with Gasteiger partial charge in [0.1, 0.15) is 10.8 Å². The Labute approximate surface area is 209 Å². The molecule has 184 valence electrons. The summed E-state index contributed by atoms with van der Waals surface area (Å²) in [6, 6.07) is 15.3. The fraction of sp³-hybridized carbons (Fsp3) is 0.370. The van der Waals surface area contributed by atoms with Crippen LogP contribution in [0.2, 0.25) is 0 Å². The van der Waals surface area contributed by atoms with Crippen LogP contribution in [0.3, 0.4) is 0 Å². The Morgan fingerprint density at radius 3 is 2.17 bits per heavy atom. The molecular weight excluding hydrogens is 462 g/mol. The topological polar surface area (TPSA) is 75.0 Å². The Bertz CT molecular complexity index is 1180. The van der Waals surface area contributed by atoms with Gasteiger partial charge in [-0.3, -0.25) is 0 Å². The predicted octanol–water partition coefficient (Wildman–Crippen LogP) is 6.28. The van der Waals surface area contributed by atoms with Crippen molar-refractivity contribution < 1.29 is 19.0 Å². The third-order valence-electron chi connectivity index (χ3n) is 5.76. The van der Waals surface area contributed by atoms with Gasteiger partial charge in [0.15, 0.2) is 0 Å². The zero-order valence-electron chi connectivity index (χ0n) is 20.2. The molecule has 0 amide bonds. The Morgan fingerprint density at radius 2 is 1.51 bits per heavy atom. The highest BCUT2D eigenvalue weighted by Gasteiger charge is 2.12. The van der Waals surface area contributed by atoms with Gasteiger partial charge in [0.05, 0.1) is 31.2 Å². The fourth-order valence-corrected chi connectivity index (χ4v) is 4.68. The zero-order chi connectivity index (χ0) is 24.5. The summed E-state index contributed by atoms with van der Waals surface area (Å²) in [7, 11) is 3.13. The van der Waals surface area contributed by atoms with Gasteiger partial charge in [0, 0.05) is 24.8 Å². The van der Waals surface area contributed by atoms with Gasteiger partial charge >= 0.3 is 5.97 Å². The summed E-state index contributed by atoms with van der Waals surface area (Å²) >= 11 is 1.54. The molecule has 4 rings (SSSR count). The highest BCUT2D eigenvalue weighted by Crippen LogP contribution is 2.29.